The van der Waals surface area contributed by atoms with E-state index in [0.717, 1.165) is 5.56 Å². The Bertz CT molecular complexity index is 814. The molecule has 0 radical (unpaired) electrons. The molecule has 0 aliphatic carbocycles. The fraction of sp³-hybridized carbons (Fsp3) is 0.368. The Hall–Kier alpha value is -2.99. The normalized spacial score (nSPS) is 15.9. The third-order valence-electron chi connectivity index (χ3n) is 3.81. The van der Waals surface area contributed by atoms with Crippen LogP contribution >= 0.6 is 11.8 Å². The third kappa shape index (κ3) is 6.03. The monoisotopic (exact) mass is 403 g/mol. The van der Waals surface area contributed by atoms with Crippen LogP contribution in [0, 0.1) is 11.3 Å². The maximum atomic E-state index is 12.1. The molecule has 1 aromatic rings. The van der Waals surface area contributed by atoms with Gasteiger partial charge in [-0.25, -0.2) is 9.59 Å². The van der Waals surface area contributed by atoms with Gasteiger partial charge < -0.3 is 20.1 Å². The van der Waals surface area contributed by atoms with Gasteiger partial charge in [-0.05, 0) is 31.5 Å². The summed E-state index contributed by atoms with van der Waals surface area (Å²) >= 11 is 1.23. The summed E-state index contributed by atoms with van der Waals surface area (Å²) in [6.45, 7) is 3.74. The number of carbonyl (C=O) groups excluding carboxylic acids is 3. The maximum Gasteiger partial charge on any atom is 0.337 e. The van der Waals surface area contributed by atoms with Gasteiger partial charge in [0.05, 0.1) is 35.6 Å². The first-order valence-corrected chi connectivity index (χ1v) is 9.80. The largest absolute Gasteiger partial charge is 0.463 e. The van der Waals surface area contributed by atoms with Crippen molar-refractivity contribution in [2.45, 2.75) is 26.5 Å². The Morgan fingerprint density at radius 1 is 1.25 bits per heavy atom. The molecule has 0 spiro atoms. The number of esters is 2. The number of nitriles is 1. The van der Waals surface area contributed by atoms with Crippen molar-refractivity contribution in [1.82, 2.24) is 10.6 Å². The number of hydrogen-bond donors (Lipinski definition) is 2. The van der Waals surface area contributed by atoms with Gasteiger partial charge in [-0.2, -0.15) is 5.26 Å². The predicted molar refractivity (Wildman–Crippen MR) is 103 cm³/mol. The smallest absolute Gasteiger partial charge is 0.337 e. The molecule has 1 aromatic carbocycles. The summed E-state index contributed by atoms with van der Waals surface area (Å²) < 4.78 is 10.2. The van der Waals surface area contributed by atoms with E-state index in [2.05, 4.69) is 10.6 Å². The molecule has 0 saturated heterocycles. The summed E-state index contributed by atoms with van der Waals surface area (Å²) in [5, 5.41) is 14.0. The highest BCUT2D eigenvalue weighted by molar-refractivity contribution is 8.00. The number of nitrogens with zero attached hydrogens (tertiary/aromatic N) is 1. The van der Waals surface area contributed by atoms with Crippen molar-refractivity contribution in [2.75, 3.05) is 18.1 Å². The lowest BCUT2D eigenvalue weighted by atomic mass is 10.1. The van der Waals surface area contributed by atoms with Crippen molar-refractivity contribution in [3.8, 4) is 6.07 Å². The molecule has 2 N–H and O–H groups in total. The number of ether oxygens (including phenoxy) is 2. The number of urea groups is 1. The molecule has 148 valence electrons. The molecule has 2 amide bonds. The Labute approximate surface area is 167 Å². The van der Waals surface area contributed by atoms with Crippen LogP contribution in [0.3, 0.4) is 0 Å². The van der Waals surface area contributed by atoms with E-state index in [4.69, 9.17) is 14.7 Å². The van der Waals surface area contributed by atoms with Crippen LogP contribution in [-0.2, 0) is 25.7 Å². The lowest BCUT2D eigenvalue weighted by molar-refractivity contribution is -0.141. The minimum atomic E-state index is -0.499. The van der Waals surface area contributed by atoms with Crippen molar-refractivity contribution in [3.63, 3.8) is 0 Å². The van der Waals surface area contributed by atoms with Crippen molar-refractivity contribution < 1.29 is 23.9 Å². The van der Waals surface area contributed by atoms with Gasteiger partial charge in [0.15, 0.2) is 0 Å². The molecule has 28 heavy (non-hydrogen) atoms. The highest BCUT2D eigenvalue weighted by Gasteiger charge is 2.29. The highest BCUT2D eigenvalue weighted by Crippen LogP contribution is 2.18. The van der Waals surface area contributed by atoms with E-state index in [0.29, 0.717) is 16.8 Å². The maximum absolute atomic E-state index is 12.1. The van der Waals surface area contributed by atoms with Crippen molar-refractivity contribution in [1.29, 1.82) is 5.26 Å². The molecule has 0 unspecified atom stereocenters. The van der Waals surface area contributed by atoms with Crippen LogP contribution in [0.4, 0.5) is 4.79 Å². The van der Waals surface area contributed by atoms with Crippen molar-refractivity contribution >= 4 is 29.7 Å². The molecular formula is C19H21N3O5S. The number of nitrogens with one attached hydrogen (secondary N) is 2. The number of hydrogen-bond acceptors (Lipinski definition) is 7. The molecule has 9 heteroatoms. The number of thioether (sulfide) groups is 1. The minimum absolute atomic E-state index is 0.0631. The first-order valence-electron chi connectivity index (χ1n) is 8.64. The molecule has 1 aliphatic rings. The average Bonchev–Trinajstić information content (AvgIpc) is 2.66. The standard InChI is InChI=1S/C19H21N3O5S/c1-3-26-18(24)17-12(2)21-19(25)22-15(17)10-28-11-16(23)27-9-14-6-4-13(8-20)5-7-14/h4-7,12H,3,9-11H2,1-2H3,(H2,21,22,25)/t12-/m1/s1. The molecule has 0 bridgehead atoms. The topological polar surface area (TPSA) is 118 Å². The van der Waals surface area contributed by atoms with Gasteiger partial charge in [0.25, 0.3) is 0 Å². The second-order valence-electron chi connectivity index (χ2n) is 5.90. The van der Waals surface area contributed by atoms with E-state index in [-0.39, 0.29) is 24.7 Å². The Balaban J connectivity index is 1.87. The van der Waals surface area contributed by atoms with E-state index in [1.807, 2.05) is 6.07 Å². The summed E-state index contributed by atoms with van der Waals surface area (Å²) in [6, 6.07) is 7.90. The van der Waals surface area contributed by atoms with Gasteiger partial charge in [0, 0.05) is 11.4 Å². The Morgan fingerprint density at radius 3 is 2.61 bits per heavy atom. The summed E-state index contributed by atoms with van der Waals surface area (Å²) in [5.41, 5.74) is 2.10. The van der Waals surface area contributed by atoms with E-state index in [1.165, 1.54) is 11.8 Å². The fourth-order valence-corrected chi connectivity index (χ4v) is 3.29. The third-order valence-corrected chi connectivity index (χ3v) is 4.75. The molecule has 1 heterocycles. The first kappa shape index (κ1) is 21.3. The van der Waals surface area contributed by atoms with Crippen LogP contribution in [-0.4, -0.2) is 42.1 Å². The van der Waals surface area contributed by atoms with Crippen molar-refractivity contribution in [2.24, 2.45) is 0 Å². The zero-order valence-electron chi connectivity index (χ0n) is 15.6. The van der Waals surface area contributed by atoms with Gasteiger partial charge in [0.2, 0.25) is 0 Å². The van der Waals surface area contributed by atoms with Gasteiger partial charge >= 0.3 is 18.0 Å². The Morgan fingerprint density at radius 2 is 1.96 bits per heavy atom. The van der Waals surface area contributed by atoms with Crippen LogP contribution in [0.1, 0.15) is 25.0 Å². The number of carbonyl (C=O) groups is 3. The van der Waals surface area contributed by atoms with Gasteiger partial charge in [-0.1, -0.05) is 12.1 Å². The number of amides is 2. The molecule has 0 saturated carbocycles. The Kier molecular flexibility index (Phi) is 7.89. The first-order chi connectivity index (χ1) is 13.4. The van der Waals surface area contributed by atoms with Gasteiger partial charge in [0.1, 0.15) is 6.61 Å². The SMILES string of the molecule is CCOC(=O)C1=C(CSCC(=O)OCc2ccc(C#N)cc2)NC(=O)N[C@@H]1C. The van der Waals surface area contributed by atoms with Crippen LogP contribution in [0.15, 0.2) is 35.5 Å². The average molecular weight is 403 g/mol. The number of rotatable bonds is 8. The second kappa shape index (κ2) is 10.4. The highest BCUT2D eigenvalue weighted by atomic mass is 32.2. The molecule has 0 fully saturated rings. The van der Waals surface area contributed by atoms with Crippen LogP contribution < -0.4 is 10.6 Å². The lowest BCUT2D eigenvalue weighted by Gasteiger charge is -2.26. The van der Waals surface area contributed by atoms with Crippen LogP contribution in [0.5, 0.6) is 0 Å². The lowest BCUT2D eigenvalue weighted by Crippen LogP contribution is -2.49. The molecule has 0 aromatic heterocycles. The quantitative estimate of drug-likeness (QED) is 0.636. The summed E-state index contributed by atoms with van der Waals surface area (Å²) in [6.07, 6.45) is 0. The molecule has 1 atom stereocenters. The fourth-order valence-electron chi connectivity index (χ4n) is 2.51. The summed E-state index contributed by atoms with van der Waals surface area (Å²) in [4.78, 5) is 35.7. The molecular weight excluding hydrogens is 382 g/mol. The van der Waals surface area contributed by atoms with Crippen LogP contribution in [0.25, 0.3) is 0 Å². The summed E-state index contributed by atoms with van der Waals surface area (Å²) in [5.74, 6) is -0.590. The van der Waals surface area contributed by atoms with Crippen LogP contribution in [0.2, 0.25) is 0 Å². The predicted octanol–water partition coefficient (Wildman–Crippen LogP) is 1.85. The number of benzene rings is 1. The van der Waals surface area contributed by atoms with E-state index < -0.39 is 24.0 Å². The molecule has 2 rings (SSSR count). The zero-order valence-corrected chi connectivity index (χ0v) is 16.4. The zero-order chi connectivity index (χ0) is 20.5. The van der Waals surface area contributed by atoms with Gasteiger partial charge in [-0.3, -0.25) is 4.79 Å². The molecule has 1 aliphatic heterocycles. The van der Waals surface area contributed by atoms with E-state index in [9.17, 15) is 14.4 Å². The summed E-state index contributed by atoms with van der Waals surface area (Å²) in [7, 11) is 0. The van der Waals surface area contributed by atoms with E-state index in [1.54, 1.807) is 38.1 Å². The van der Waals surface area contributed by atoms with Gasteiger partial charge in [-0.15, -0.1) is 11.8 Å². The van der Waals surface area contributed by atoms with E-state index >= 15 is 0 Å². The minimum Gasteiger partial charge on any atom is -0.463 e. The van der Waals surface area contributed by atoms with Crippen molar-refractivity contribution in [3.05, 3.63) is 46.7 Å². The molecule has 8 nitrogen and oxygen atoms in total. The second-order valence-corrected chi connectivity index (χ2v) is 6.88.